The smallest absolute Gasteiger partial charge is 0.306 e. The van der Waals surface area contributed by atoms with E-state index in [1.165, 1.54) is 19.3 Å². The maximum atomic E-state index is 11.9. The summed E-state index contributed by atoms with van der Waals surface area (Å²) in [7, 11) is 0. The van der Waals surface area contributed by atoms with Gasteiger partial charge in [0.15, 0.2) is 6.61 Å². The van der Waals surface area contributed by atoms with Crippen molar-refractivity contribution < 1.29 is 19.1 Å². The Kier molecular flexibility index (Phi) is 9.11. The number of rotatable bonds is 9. The second kappa shape index (κ2) is 11.6. The third-order valence-corrected chi connectivity index (χ3v) is 4.88. The molecule has 1 aromatic rings. The Bertz CT molecular complexity index is 627. The van der Waals surface area contributed by atoms with E-state index in [9.17, 15) is 14.4 Å². The quantitative estimate of drug-likeness (QED) is 0.498. The summed E-state index contributed by atoms with van der Waals surface area (Å²) in [5.41, 5.74) is 0.511. The molecule has 7 heteroatoms. The van der Waals surface area contributed by atoms with Crippen molar-refractivity contribution in [2.45, 2.75) is 44.9 Å². The van der Waals surface area contributed by atoms with Gasteiger partial charge in [-0.3, -0.25) is 14.4 Å². The first-order valence-corrected chi connectivity index (χ1v) is 9.88. The number of ether oxygens (including phenoxy) is 1. The molecule has 2 amide bonds. The van der Waals surface area contributed by atoms with Crippen LogP contribution in [0.25, 0.3) is 0 Å². The van der Waals surface area contributed by atoms with E-state index in [1.807, 2.05) is 0 Å². The van der Waals surface area contributed by atoms with Crippen LogP contribution in [-0.2, 0) is 14.3 Å². The molecule has 0 saturated heterocycles. The van der Waals surface area contributed by atoms with Crippen LogP contribution in [0.2, 0.25) is 5.02 Å². The number of benzene rings is 1. The maximum Gasteiger partial charge on any atom is 0.306 e. The van der Waals surface area contributed by atoms with Crippen molar-refractivity contribution >= 4 is 29.4 Å². The molecule has 6 nitrogen and oxygen atoms in total. The number of hydrogen-bond donors (Lipinski definition) is 2. The van der Waals surface area contributed by atoms with Crippen molar-refractivity contribution in [2.24, 2.45) is 5.92 Å². The summed E-state index contributed by atoms with van der Waals surface area (Å²) in [5, 5.41) is 6.12. The van der Waals surface area contributed by atoms with E-state index in [0.717, 1.165) is 12.8 Å². The molecule has 2 N–H and O–H groups in total. The lowest BCUT2D eigenvalue weighted by Gasteiger charge is -2.21. The molecule has 2 rings (SSSR count). The molecule has 1 aliphatic rings. The summed E-state index contributed by atoms with van der Waals surface area (Å²) in [4.78, 5) is 35.3. The average Bonchev–Trinajstić information content (AvgIpc) is 2.69. The molecule has 0 radical (unpaired) electrons. The topological polar surface area (TPSA) is 84.5 Å². The van der Waals surface area contributed by atoms with Gasteiger partial charge in [-0.25, -0.2) is 0 Å². The molecule has 0 spiro atoms. The highest BCUT2D eigenvalue weighted by Gasteiger charge is 2.15. The van der Waals surface area contributed by atoms with E-state index in [-0.39, 0.29) is 24.8 Å². The molecule has 148 valence electrons. The largest absolute Gasteiger partial charge is 0.456 e. The highest BCUT2D eigenvalue weighted by Crippen LogP contribution is 2.22. The van der Waals surface area contributed by atoms with Gasteiger partial charge in [0.1, 0.15) is 0 Å². The zero-order chi connectivity index (χ0) is 19.5. The molecular weight excluding hydrogens is 368 g/mol. The van der Waals surface area contributed by atoms with Gasteiger partial charge in [0.2, 0.25) is 0 Å². The zero-order valence-electron chi connectivity index (χ0n) is 15.5. The Labute approximate surface area is 165 Å². The van der Waals surface area contributed by atoms with E-state index in [1.54, 1.807) is 24.3 Å². The molecule has 27 heavy (non-hydrogen) atoms. The van der Waals surface area contributed by atoms with Gasteiger partial charge in [0, 0.05) is 30.1 Å². The van der Waals surface area contributed by atoms with E-state index in [4.69, 9.17) is 16.3 Å². The Morgan fingerprint density at radius 1 is 1.04 bits per heavy atom. The average molecular weight is 395 g/mol. The number of esters is 1. The Morgan fingerprint density at radius 2 is 1.74 bits per heavy atom. The van der Waals surface area contributed by atoms with E-state index in [0.29, 0.717) is 36.0 Å². The van der Waals surface area contributed by atoms with Crippen molar-refractivity contribution in [3.05, 3.63) is 34.9 Å². The van der Waals surface area contributed by atoms with Gasteiger partial charge in [-0.15, -0.1) is 0 Å². The minimum Gasteiger partial charge on any atom is -0.456 e. The molecule has 1 aromatic carbocycles. The van der Waals surface area contributed by atoms with Crippen LogP contribution in [0.3, 0.4) is 0 Å². The lowest BCUT2D eigenvalue weighted by atomic mass is 9.89. The molecule has 0 heterocycles. The van der Waals surface area contributed by atoms with E-state index in [2.05, 4.69) is 10.6 Å². The lowest BCUT2D eigenvalue weighted by molar-refractivity contribution is -0.148. The normalized spacial score (nSPS) is 14.4. The SMILES string of the molecule is O=C(COC(=O)CCCNC(=O)c1ccc(Cl)cc1)NCC1CCCCC1. The number of hydrogen-bond acceptors (Lipinski definition) is 4. The van der Waals surface area contributed by atoms with Crippen molar-refractivity contribution in [3.8, 4) is 0 Å². The number of nitrogens with one attached hydrogen (secondary N) is 2. The Morgan fingerprint density at radius 3 is 2.44 bits per heavy atom. The first-order valence-electron chi connectivity index (χ1n) is 9.50. The van der Waals surface area contributed by atoms with Crippen LogP contribution in [-0.4, -0.2) is 37.5 Å². The zero-order valence-corrected chi connectivity index (χ0v) is 16.2. The molecule has 1 saturated carbocycles. The van der Waals surface area contributed by atoms with E-state index >= 15 is 0 Å². The van der Waals surface area contributed by atoms with Crippen LogP contribution in [0.15, 0.2) is 24.3 Å². The van der Waals surface area contributed by atoms with Crippen molar-refractivity contribution in [1.82, 2.24) is 10.6 Å². The van der Waals surface area contributed by atoms with Gasteiger partial charge in [-0.05, 0) is 49.4 Å². The third kappa shape index (κ3) is 8.43. The predicted molar refractivity (Wildman–Crippen MR) is 104 cm³/mol. The van der Waals surface area contributed by atoms with Crippen LogP contribution in [0.5, 0.6) is 0 Å². The minimum absolute atomic E-state index is 0.150. The standard InChI is InChI=1S/C20H27ClN2O4/c21-17-10-8-16(9-11-17)20(26)22-12-4-7-19(25)27-14-18(24)23-13-15-5-2-1-3-6-15/h8-11,15H,1-7,12-14H2,(H,22,26)(H,23,24). The van der Waals surface area contributed by atoms with Crippen molar-refractivity contribution in [3.63, 3.8) is 0 Å². The molecule has 0 aliphatic heterocycles. The molecule has 0 bridgehead atoms. The van der Waals surface area contributed by atoms with Gasteiger partial charge in [0.05, 0.1) is 0 Å². The number of halogens is 1. The predicted octanol–water partition coefficient (Wildman–Crippen LogP) is 3.09. The van der Waals surface area contributed by atoms with Crippen LogP contribution in [0.4, 0.5) is 0 Å². The Hall–Kier alpha value is -2.08. The third-order valence-electron chi connectivity index (χ3n) is 4.63. The van der Waals surface area contributed by atoms with Crippen LogP contribution in [0, 0.1) is 5.92 Å². The molecular formula is C20H27ClN2O4. The first kappa shape index (κ1) is 21.2. The Balaban J connectivity index is 1.52. The maximum absolute atomic E-state index is 11.9. The lowest BCUT2D eigenvalue weighted by Crippen LogP contribution is -2.33. The second-order valence-corrected chi connectivity index (χ2v) is 7.27. The molecule has 1 aliphatic carbocycles. The number of carbonyl (C=O) groups is 3. The summed E-state index contributed by atoms with van der Waals surface area (Å²) in [6, 6.07) is 6.57. The van der Waals surface area contributed by atoms with Crippen molar-refractivity contribution in [1.29, 1.82) is 0 Å². The van der Waals surface area contributed by atoms with E-state index < -0.39 is 5.97 Å². The fourth-order valence-electron chi connectivity index (χ4n) is 3.06. The summed E-state index contributed by atoms with van der Waals surface area (Å²) in [6.07, 6.45) is 6.64. The minimum atomic E-state index is -0.441. The highest BCUT2D eigenvalue weighted by molar-refractivity contribution is 6.30. The summed E-state index contributed by atoms with van der Waals surface area (Å²) in [5.74, 6) is -0.377. The summed E-state index contributed by atoms with van der Waals surface area (Å²) >= 11 is 5.78. The first-order chi connectivity index (χ1) is 13.0. The summed E-state index contributed by atoms with van der Waals surface area (Å²) in [6.45, 7) is 0.764. The van der Waals surface area contributed by atoms with Crippen LogP contribution in [0.1, 0.15) is 55.3 Å². The molecule has 0 atom stereocenters. The second-order valence-electron chi connectivity index (χ2n) is 6.84. The molecule has 0 aromatic heterocycles. The van der Waals surface area contributed by atoms with Crippen LogP contribution >= 0.6 is 11.6 Å². The number of amides is 2. The van der Waals surface area contributed by atoms with Gasteiger partial charge in [-0.1, -0.05) is 30.9 Å². The van der Waals surface area contributed by atoms with Gasteiger partial charge >= 0.3 is 5.97 Å². The van der Waals surface area contributed by atoms with Crippen molar-refractivity contribution in [2.75, 3.05) is 19.7 Å². The fraction of sp³-hybridized carbons (Fsp3) is 0.550. The van der Waals surface area contributed by atoms with Gasteiger partial charge < -0.3 is 15.4 Å². The van der Waals surface area contributed by atoms with Gasteiger partial charge in [-0.2, -0.15) is 0 Å². The monoisotopic (exact) mass is 394 g/mol. The molecule has 1 fully saturated rings. The molecule has 0 unspecified atom stereocenters. The fourth-order valence-corrected chi connectivity index (χ4v) is 3.18. The highest BCUT2D eigenvalue weighted by atomic mass is 35.5. The number of carbonyl (C=O) groups excluding carboxylic acids is 3. The van der Waals surface area contributed by atoms with Gasteiger partial charge in [0.25, 0.3) is 11.8 Å². The van der Waals surface area contributed by atoms with Crippen LogP contribution < -0.4 is 10.6 Å². The summed E-state index contributed by atoms with van der Waals surface area (Å²) < 4.78 is 4.97.